The van der Waals surface area contributed by atoms with E-state index < -0.39 is 5.60 Å². The lowest BCUT2D eigenvalue weighted by Crippen LogP contribution is -2.35. The summed E-state index contributed by atoms with van der Waals surface area (Å²) in [5, 5.41) is 3.00. The van der Waals surface area contributed by atoms with Gasteiger partial charge in [0.25, 0.3) is 0 Å². The lowest BCUT2D eigenvalue weighted by atomic mass is 10.0. The Morgan fingerprint density at radius 1 is 1.45 bits per heavy atom. The van der Waals surface area contributed by atoms with Crippen LogP contribution >= 0.6 is 0 Å². The summed E-state index contributed by atoms with van der Waals surface area (Å²) in [5.74, 6) is 1.21. The average Bonchev–Trinajstić information content (AvgIpc) is 2.86. The van der Waals surface area contributed by atoms with E-state index >= 15 is 0 Å². The van der Waals surface area contributed by atoms with E-state index in [4.69, 9.17) is 4.74 Å². The fourth-order valence-corrected chi connectivity index (χ4v) is 2.32. The fourth-order valence-electron chi connectivity index (χ4n) is 2.32. The molecule has 1 atom stereocenters. The van der Waals surface area contributed by atoms with E-state index in [9.17, 15) is 4.79 Å². The zero-order chi connectivity index (χ0) is 14.8. The first kappa shape index (κ1) is 14.6. The molecule has 1 N–H and O–H groups in total. The molecule has 2 rings (SSSR count). The maximum Gasteiger partial charge on any atom is 0.410 e. The van der Waals surface area contributed by atoms with Crippen molar-refractivity contribution in [2.45, 2.75) is 38.7 Å². The quantitative estimate of drug-likeness (QED) is 0.903. The predicted molar refractivity (Wildman–Crippen MR) is 78.9 cm³/mol. The summed E-state index contributed by atoms with van der Waals surface area (Å²) in [5.41, 5.74) is 0.737. The van der Waals surface area contributed by atoms with Gasteiger partial charge in [-0.3, -0.25) is 0 Å². The topological polar surface area (TPSA) is 54.5 Å². The molecule has 0 radical (unpaired) electrons. The Morgan fingerprint density at radius 3 is 2.75 bits per heavy atom. The van der Waals surface area contributed by atoms with Gasteiger partial charge in [-0.2, -0.15) is 0 Å². The standard InChI is InChI=1S/C15H23N3O2/c1-15(2,3)20-14(19)18-8-7-12(10-18)11-5-6-13(16-4)17-9-11/h5-6,9,12H,7-8,10H2,1-4H3,(H,16,17). The maximum atomic E-state index is 12.0. The normalized spacial score (nSPS) is 19.0. The third-order valence-corrected chi connectivity index (χ3v) is 3.35. The second kappa shape index (κ2) is 5.69. The highest BCUT2D eigenvalue weighted by atomic mass is 16.6. The molecule has 1 unspecified atom stereocenters. The first-order valence-electron chi connectivity index (χ1n) is 7.00. The van der Waals surface area contributed by atoms with Crippen LogP contribution < -0.4 is 5.32 Å². The first-order chi connectivity index (χ1) is 9.39. The van der Waals surface area contributed by atoms with Crippen molar-refractivity contribution in [1.29, 1.82) is 0 Å². The van der Waals surface area contributed by atoms with Crippen molar-refractivity contribution in [3.63, 3.8) is 0 Å². The van der Waals surface area contributed by atoms with Gasteiger partial charge in [-0.05, 0) is 38.8 Å². The van der Waals surface area contributed by atoms with Crippen molar-refractivity contribution in [2.75, 3.05) is 25.5 Å². The molecule has 0 saturated carbocycles. The van der Waals surface area contributed by atoms with Gasteiger partial charge in [-0.15, -0.1) is 0 Å². The van der Waals surface area contributed by atoms with E-state index in [-0.39, 0.29) is 6.09 Å². The minimum atomic E-state index is -0.439. The molecule has 1 aromatic rings. The number of anilines is 1. The summed E-state index contributed by atoms with van der Waals surface area (Å²) in [4.78, 5) is 18.1. The van der Waals surface area contributed by atoms with Crippen LogP contribution in [0.5, 0.6) is 0 Å². The number of nitrogens with one attached hydrogen (secondary N) is 1. The molecule has 0 aliphatic carbocycles. The lowest BCUT2D eigenvalue weighted by Gasteiger charge is -2.24. The number of carbonyl (C=O) groups excluding carboxylic acids is 1. The molecule has 1 saturated heterocycles. The predicted octanol–water partition coefficient (Wildman–Crippen LogP) is 2.85. The highest BCUT2D eigenvalue weighted by Crippen LogP contribution is 2.28. The fraction of sp³-hybridized carbons (Fsp3) is 0.600. The van der Waals surface area contributed by atoms with Crippen molar-refractivity contribution in [2.24, 2.45) is 0 Å². The molecule has 5 heteroatoms. The Hall–Kier alpha value is -1.78. The second-order valence-electron chi connectivity index (χ2n) is 6.14. The molecule has 0 bridgehead atoms. The maximum absolute atomic E-state index is 12.0. The molecule has 1 fully saturated rings. The minimum Gasteiger partial charge on any atom is -0.444 e. The number of likely N-dealkylation sites (tertiary alicyclic amines) is 1. The van der Waals surface area contributed by atoms with Crippen molar-refractivity contribution in [3.8, 4) is 0 Å². The number of hydrogen-bond donors (Lipinski definition) is 1. The van der Waals surface area contributed by atoms with Crippen LogP contribution in [0.15, 0.2) is 18.3 Å². The molecule has 110 valence electrons. The molecule has 5 nitrogen and oxygen atoms in total. The van der Waals surface area contributed by atoms with Crippen LogP contribution in [0, 0.1) is 0 Å². The van der Waals surface area contributed by atoms with E-state index in [1.54, 1.807) is 4.90 Å². The van der Waals surface area contributed by atoms with Crippen LogP contribution in [-0.4, -0.2) is 41.7 Å². The van der Waals surface area contributed by atoms with Crippen molar-refractivity contribution in [1.82, 2.24) is 9.88 Å². The molecular weight excluding hydrogens is 254 g/mol. The minimum absolute atomic E-state index is 0.222. The van der Waals surface area contributed by atoms with Crippen molar-refractivity contribution < 1.29 is 9.53 Å². The van der Waals surface area contributed by atoms with Gasteiger partial charge in [-0.25, -0.2) is 9.78 Å². The van der Waals surface area contributed by atoms with Gasteiger partial charge in [0.1, 0.15) is 11.4 Å². The molecule has 20 heavy (non-hydrogen) atoms. The largest absolute Gasteiger partial charge is 0.444 e. The highest BCUT2D eigenvalue weighted by molar-refractivity contribution is 5.68. The van der Waals surface area contributed by atoms with E-state index in [0.717, 1.165) is 18.8 Å². The third kappa shape index (κ3) is 3.62. The summed E-state index contributed by atoms with van der Waals surface area (Å²) in [6, 6.07) is 4.04. The van der Waals surface area contributed by atoms with Gasteiger partial charge in [0.05, 0.1) is 0 Å². The number of ether oxygens (including phenoxy) is 1. The number of amides is 1. The van der Waals surface area contributed by atoms with Gasteiger partial charge < -0.3 is 15.0 Å². The summed E-state index contributed by atoms with van der Waals surface area (Å²) in [7, 11) is 1.85. The molecule has 1 aromatic heterocycles. The number of aromatic nitrogens is 1. The van der Waals surface area contributed by atoms with Crippen molar-refractivity contribution in [3.05, 3.63) is 23.9 Å². The number of carbonyl (C=O) groups is 1. The number of nitrogens with zero attached hydrogens (tertiary/aromatic N) is 2. The molecule has 0 aromatic carbocycles. The van der Waals surface area contributed by atoms with Gasteiger partial charge in [0.15, 0.2) is 0 Å². The molecule has 1 aliphatic rings. The SMILES string of the molecule is CNc1ccc(C2CCN(C(=O)OC(C)(C)C)C2)cn1. The molecule has 1 aliphatic heterocycles. The lowest BCUT2D eigenvalue weighted by molar-refractivity contribution is 0.0292. The summed E-state index contributed by atoms with van der Waals surface area (Å²) in [6.07, 6.45) is 2.62. The molecular formula is C15H23N3O2. The van der Waals surface area contributed by atoms with Crippen LogP contribution in [0.2, 0.25) is 0 Å². The molecule has 2 heterocycles. The molecule has 1 amide bonds. The summed E-state index contributed by atoms with van der Waals surface area (Å²) in [6.45, 7) is 7.11. The Bertz CT molecular complexity index is 465. The van der Waals surface area contributed by atoms with Crippen LogP contribution in [0.1, 0.15) is 38.7 Å². The number of rotatable bonds is 2. The Balaban J connectivity index is 1.96. The van der Waals surface area contributed by atoms with Crippen LogP contribution in [0.4, 0.5) is 10.6 Å². The van der Waals surface area contributed by atoms with E-state index in [1.807, 2.05) is 40.1 Å². The smallest absolute Gasteiger partial charge is 0.410 e. The number of hydrogen-bond acceptors (Lipinski definition) is 4. The summed E-state index contributed by atoms with van der Waals surface area (Å²) < 4.78 is 5.40. The van der Waals surface area contributed by atoms with E-state index in [1.165, 1.54) is 5.56 Å². The van der Waals surface area contributed by atoms with E-state index in [0.29, 0.717) is 12.5 Å². The Morgan fingerprint density at radius 2 is 2.20 bits per heavy atom. The van der Waals surface area contributed by atoms with Crippen LogP contribution in [0.25, 0.3) is 0 Å². The average molecular weight is 277 g/mol. The number of pyridine rings is 1. The van der Waals surface area contributed by atoms with Gasteiger partial charge in [0, 0.05) is 32.3 Å². The van der Waals surface area contributed by atoms with Crippen LogP contribution in [-0.2, 0) is 4.74 Å². The van der Waals surface area contributed by atoms with Crippen LogP contribution in [0.3, 0.4) is 0 Å². The van der Waals surface area contributed by atoms with Gasteiger partial charge in [0.2, 0.25) is 0 Å². The zero-order valence-electron chi connectivity index (χ0n) is 12.6. The third-order valence-electron chi connectivity index (χ3n) is 3.35. The zero-order valence-corrected chi connectivity index (χ0v) is 12.6. The monoisotopic (exact) mass is 277 g/mol. The summed E-state index contributed by atoms with van der Waals surface area (Å²) >= 11 is 0. The molecule has 0 spiro atoms. The second-order valence-corrected chi connectivity index (χ2v) is 6.14. The Labute approximate surface area is 120 Å². The van der Waals surface area contributed by atoms with Gasteiger partial charge in [-0.1, -0.05) is 6.07 Å². The van der Waals surface area contributed by atoms with E-state index in [2.05, 4.69) is 16.4 Å². The highest BCUT2D eigenvalue weighted by Gasteiger charge is 2.30. The van der Waals surface area contributed by atoms with Gasteiger partial charge >= 0.3 is 6.09 Å². The van der Waals surface area contributed by atoms with Crippen molar-refractivity contribution >= 4 is 11.9 Å². The Kier molecular flexibility index (Phi) is 4.16. The first-order valence-corrected chi connectivity index (χ1v) is 7.00.